The van der Waals surface area contributed by atoms with Crippen LogP contribution in [-0.2, 0) is 17.6 Å². The van der Waals surface area contributed by atoms with Crippen molar-refractivity contribution >= 4 is 22.6 Å². The van der Waals surface area contributed by atoms with E-state index in [0.29, 0.717) is 6.04 Å². The van der Waals surface area contributed by atoms with Gasteiger partial charge in [-0.15, -0.1) is 11.3 Å². The van der Waals surface area contributed by atoms with Crippen LogP contribution in [0.1, 0.15) is 63.3 Å². The molecular weight excluding hydrogens is 422 g/mol. The summed E-state index contributed by atoms with van der Waals surface area (Å²) in [6.07, 6.45) is 7.03. The summed E-state index contributed by atoms with van der Waals surface area (Å²) in [5.74, 6) is 0.911. The number of amides is 1. The van der Waals surface area contributed by atoms with E-state index in [2.05, 4.69) is 17.4 Å². The molecule has 0 bridgehead atoms. The van der Waals surface area contributed by atoms with Crippen molar-refractivity contribution in [2.45, 2.75) is 83.4 Å². The van der Waals surface area contributed by atoms with Crippen molar-refractivity contribution in [1.82, 2.24) is 9.88 Å². The molecule has 174 valence electrons. The highest BCUT2D eigenvalue weighted by atomic mass is 32.1. The van der Waals surface area contributed by atoms with Crippen LogP contribution in [0, 0.1) is 0 Å². The summed E-state index contributed by atoms with van der Waals surface area (Å²) >= 11 is 1.80. The molecule has 32 heavy (non-hydrogen) atoms. The molecule has 1 N–H and O–H groups in total. The number of hydrogen-bond donors (Lipinski definition) is 1. The summed E-state index contributed by atoms with van der Waals surface area (Å²) in [5.41, 5.74) is 3.23. The van der Waals surface area contributed by atoms with Crippen LogP contribution in [0.5, 0.6) is 5.75 Å². The van der Waals surface area contributed by atoms with Crippen molar-refractivity contribution < 1.29 is 14.3 Å². The van der Waals surface area contributed by atoms with Crippen molar-refractivity contribution in [3.8, 4) is 17.0 Å². The van der Waals surface area contributed by atoms with Crippen LogP contribution < -0.4 is 10.1 Å². The van der Waals surface area contributed by atoms with Crippen molar-refractivity contribution in [2.24, 2.45) is 0 Å². The number of aryl methyl sites for hydroxylation is 2. The minimum atomic E-state index is -0.462. The maximum Gasteiger partial charge on any atom is 0.410 e. The van der Waals surface area contributed by atoms with Gasteiger partial charge in [0.05, 0.1) is 12.8 Å². The zero-order valence-corrected chi connectivity index (χ0v) is 20.7. The lowest BCUT2D eigenvalue weighted by atomic mass is 9.90. The smallest absolute Gasteiger partial charge is 0.410 e. The van der Waals surface area contributed by atoms with Gasteiger partial charge in [0.15, 0.2) is 5.13 Å². The zero-order valence-electron chi connectivity index (χ0n) is 19.9. The van der Waals surface area contributed by atoms with Crippen molar-refractivity contribution in [2.75, 3.05) is 19.5 Å². The van der Waals surface area contributed by atoms with Crippen molar-refractivity contribution in [3.05, 3.63) is 28.6 Å². The Labute approximate surface area is 195 Å². The Hall–Kier alpha value is -2.28. The van der Waals surface area contributed by atoms with Crippen molar-refractivity contribution in [3.63, 3.8) is 0 Å². The maximum atomic E-state index is 12.4. The molecule has 2 aromatic rings. The number of benzene rings is 1. The van der Waals surface area contributed by atoms with E-state index in [1.165, 1.54) is 16.0 Å². The van der Waals surface area contributed by atoms with Gasteiger partial charge < -0.3 is 19.7 Å². The Bertz CT molecular complexity index is 958. The fourth-order valence-corrected chi connectivity index (χ4v) is 5.73. The summed E-state index contributed by atoms with van der Waals surface area (Å²) in [6.45, 7) is 5.72. The number of carbonyl (C=O) groups is 1. The summed E-state index contributed by atoms with van der Waals surface area (Å²) < 4.78 is 10.9. The third-order valence-corrected chi connectivity index (χ3v) is 7.41. The first-order chi connectivity index (χ1) is 15.2. The third kappa shape index (κ3) is 5.20. The fraction of sp³-hybridized carbons (Fsp3) is 0.600. The van der Waals surface area contributed by atoms with Gasteiger partial charge in [0, 0.05) is 29.6 Å². The minimum absolute atomic E-state index is 0.229. The minimum Gasteiger partial charge on any atom is -0.497 e. The van der Waals surface area contributed by atoms with Crippen LogP contribution in [-0.4, -0.2) is 47.8 Å². The molecule has 1 fully saturated rings. The van der Waals surface area contributed by atoms with E-state index in [0.717, 1.165) is 61.5 Å². The molecule has 0 atom stereocenters. The Morgan fingerprint density at radius 2 is 1.94 bits per heavy atom. The highest BCUT2D eigenvalue weighted by molar-refractivity contribution is 7.16. The van der Waals surface area contributed by atoms with Crippen LogP contribution in [0.3, 0.4) is 0 Å². The molecule has 1 heterocycles. The molecule has 2 aliphatic rings. The average molecular weight is 458 g/mol. The molecule has 1 aromatic carbocycles. The Morgan fingerprint density at radius 3 is 2.62 bits per heavy atom. The molecule has 0 aliphatic heterocycles. The zero-order chi connectivity index (χ0) is 22.9. The summed E-state index contributed by atoms with van der Waals surface area (Å²) in [5, 5.41) is 4.70. The van der Waals surface area contributed by atoms with E-state index in [4.69, 9.17) is 14.5 Å². The van der Waals surface area contributed by atoms with Gasteiger partial charge in [-0.05, 0) is 89.5 Å². The van der Waals surface area contributed by atoms with Crippen molar-refractivity contribution in [1.29, 1.82) is 0 Å². The number of nitrogens with zero attached hydrogens (tertiary/aromatic N) is 2. The van der Waals surface area contributed by atoms with Crippen LogP contribution in [0.2, 0.25) is 0 Å². The van der Waals surface area contributed by atoms with Gasteiger partial charge in [-0.3, -0.25) is 0 Å². The Morgan fingerprint density at radius 1 is 1.19 bits per heavy atom. The standard InChI is InChI=1S/C25H35N3O3S/c1-25(2,3)31-24(29)28(4)18-11-9-17(10-12-18)26-23-27-22-20-14-13-19(30-5)15-16(20)7-6-8-21(22)32-23/h13-15,17-18H,6-12H2,1-5H3,(H,26,27). The lowest BCUT2D eigenvalue weighted by Crippen LogP contribution is -2.43. The van der Waals surface area contributed by atoms with E-state index in [1.54, 1.807) is 23.3 Å². The third-order valence-electron chi connectivity index (χ3n) is 6.37. The molecule has 1 saturated carbocycles. The topological polar surface area (TPSA) is 63.7 Å². The summed E-state index contributed by atoms with van der Waals surface area (Å²) in [6, 6.07) is 6.96. The highest BCUT2D eigenvalue weighted by Crippen LogP contribution is 2.39. The van der Waals surface area contributed by atoms with E-state index in [-0.39, 0.29) is 12.1 Å². The predicted octanol–water partition coefficient (Wildman–Crippen LogP) is 5.90. The second-order valence-corrected chi connectivity index (χ2v) is 11.0. The predicted molar refractivity (Wildman–Crippen MR) is 130 cm³/mol. The fourth-order valence-electron chi connectivity index (χ4n) is 4.63. The molecule has 0 spiro atoms. The van der Waals surface area contributed by atoms with Gasteiger partial charge >= 0.3 is 6.09 Å². The lowest BCUT2D eigenvalue weighted by Gasteiger charge is -2.35. The Kier molecular flexibility index (Phi) is 6.65. The number of rotatable bonds is 4. The number of fused-ring (bicyclic) bond motifs is 3. The first-order valence-electron chi connectivity index (χ1n) is 11.6. The van der Waals surface area contributed by atoms with E-state index in [9.17, 15) is 4.79 Å². The molecule has 0 radical (unpaired) electrons. The molecule has 6 nitrogen and oxygen atoms in total. The molecule has 1 amide bonds. The highest BCUT2D eigenvalue weighted by Gasteiger charge is 2.30. The number of thiazole rings is 1. The SMILES string of the molecule is COc1ccc2c(c1)CCCc1sc(NC3CCC(N(C)C(=O)OC(C)(C)C)CC3)nc1-2. The monoisotopic (exact) mass is 457 g/mol. The van der Waals surface area contributed by atoms with Gasteiger partial charge in [-0.25, -0.2) is 9.78 Å². The van der Waals surface area contributed by atoms with E-state index in [1.807, 2.05) is 33.9 Å². The molecule has 0 unspecified atom stereocenters. The van der Waals surface area contributed by atoms with Crippen LogP contribution >= 0.6 is 11.3 Å². The van der Waals surface area contributed by atoms with E-state index >= 15 is 0 Å². The normalized spacial score (nSPS) is 20.5. The summed E-state index contributed by atoms with van der Waals surface area (Å²) in [7, 11) is 3.57. The number of nitrogens with one attached hydrogen (secondary N) is 1. The van der Waals surface area contributed by atoms with Gasteiger partial charge in [0.25, 0.3) is 0 Å². The molecule has 0 saturated heterocycles. The van der Waals surface area contributed by atoms with Gasteiger partial charge in [-0.2, -0.15) is 0 Å². The second-order valence-electron chi connectivity index (χ2n) is 9.91. The maximum absolute atomic E-state index is 12.4. The number of anilines is 1. The number of hydrogen-bond acceptors (Lipinski definition) is 6. The number of aromatic nitrogens is 1. The van der Waals surface area contributed by atoms with Gasteiger partial charge in [-0.1, -0.05) is 0 Å². The number of methoxy groups -OCH3 is 1. The van der Waals surface area contributed by atoms with Crippen LogP contribution in [0.15, 0.2) is 18.2 Å². The van der Waals surface area contributed by atoms with Gasteiger partial charge in [0.2, 0.25) is 0 Å². The quantitative estimate of drug-likeness (QED) is 0.619. The Balaban J connectivity index is 1.38. The lowest BCUT2D eigenvalue weighted by molar-refractivity contribution is 0.0185. The molecular formula is C25H35N3O3S. The first kappa shape index (κ1) is 22.9. The number of ether oxygens (including phenoxy) is 2. The second kappa shape index (κ2) is 9.30. The molecule has 4 rings (SSSR count). The van der Waals surface area contributed by atoms with Crippen LogP contribution in [0.4, 0.5) is 9.93 Å². The molecule has 7 heteroatoms. The molecule has 1 aromatic heterocycles. The van der Waals surface area contributed by atoms with E-state index < -0.39 is 5.60 Å². The largest absolute Gasteiger partial charge is 0.497 e. The van der Waals surface area contributed by atoms with Gasteiger partial charge in [0.1, 0.15) is 11.4 Å². The first-order valence-corrected chi connectivity index (χ1v) is 12.4. The molecule has 2 aliphatic carbocycles. The number of carbonyl (C=O) groups excluding carboxylic acids is 1. The summed E-state index contributed by atoms with van der Waals surface area (Å²) in [4.78, 5) is 20.5. The van der Waals surface area contributed by atoms with Crippen LogP contribution in [0.25, 0.3) is 11.3 Å². The average Bonchev–Trinajstić information content (AvgIpc) is 3.06.